The first-order valence-corrected chi connectivity index (χ1v) is 8.84. The van der Waals surface area contributed by atoms with Crippen LogP contribution in [0.2, 0.25) is 0 Å². The zero-order valence-corrected chi connectivity index (χ0v) is 14.8. The van der Waals surface area contributed by atoms with Crippen LogP contribution in [0.4, 0.5) is 8.78 Å². The van der Waals surface area contributed by atoms with Crippen LogP contribution in [0.25, 0.3) is 0 Å². The van der Waals surface area contributed by atoms with E-state index in [9.17, 15) is 8.78 Å². The normalized spacial score (nSPS) is 17.0. The molecule has 2 aromatic heterocycles. The van der Waals surface area contributed by atoms with Gasteiger partial charge in [0.05, 0.1) is 24.9 Å². The van der Waals surface area contributed by atoms with Crippen LogP contribution in [-0.4, -0.2) is 32.8 Å². The molecule has 0 amide bonds. The Balaban J connectivity index is 1.41. The van der Waals surface area contributed by atoms with Crippen LogP contribution >= 0.6 is 0 Å². The van der Waals surface area contributed by atoms with Crippen LogP contribution in [0, 0.1) is 11.6 Å². The Kier molecular flexibility index (Phi) is 5.22. The van der Waals surface area contributed by atoms with Gasteiger partial charge in [0.2, 0.25) is 0 Å². The molecule has 0 saturated carbocycles. The predicted molar refractivity (Wildman–Crippen MR) is 95.6 cm³/mol. The first kappa shape index (κ1) is 17.8. The molecule has 1 aliphatic heterocycles. The molecule has 0 N–H and O–H groups in total. The van der Waals surface area contributed by atoms with Crippen molar-refractivity contribution in [3.63, 3.8) is 0 Å². The van der Waals surface area contributed by atoms with Gasteiger partial charge in [-0.25, -0.2) is 8.78 Å². The van der Waals surface area contributed by atoms with Gasteiger partial charge in [-0.15, -0.1) is 0 Å². The van der Waals surface area contributed by atoms with Crippen molar-refractivity contribution in [2.45, 2.75) is 25.7 Å². The van der Waals surface area contributed by atoms with Gasteiger partial charge in [0.1, 0.15) is 0 Å². The lowest BCUT2D eigenvalue weighted by Crippen LogP contribution is -2.39. The molecule has 0 aliphatic carbocycles. The summed E-state index contributed by atoms with van der Waals surface area (Å²) in [4.78, 5) is 6.28. The summed E-state index contributed by atoms with van der Waals surface area (Å²) in [5.74, 6) is -1.64. The van der Waals surface area contributed by atoms with Crippen molar-refractivity contribution in [2.24, 2.45) is 0 Å². The Hall–Kier alpha value is -2.64. The highest BCUT2D eigenvalue weighted by Gasteiger charge is 2.26. The van der Waals surface area contributed by atoms with Crippen molar-refractivity contribution in [3.8, 4) is 0 Å². The summed E-state index contributed by atoms with van der Waals surface area (Å²) in [5, 5.41) is 4.42. The Morgan fingerprint density at radius 1 is 1.07 bits per heavy atom. The molecule has 3 heterocycles. The van der Waals surface area contributed by atoms with Gasteiger partial charge >= 0.3 is 0 Å². The van der Waals surface area contributed by atoms with Gasteiger partial charge in [0, 0.05) is 38.2 Å². The fourth-order valence-corrected chi connectivity index (χ4v) is 3.40. The van der Waals surface area contributed by atoms with E-state index in [2.05, 4.69) is 15.0 Å². The maximum absolute atomic E-state index is 13.5. The van der Waals surface area contributed by atoms with E-state index < -0.39 is 11.6 Å². The van der Waals surface area contributed by atoms with E-state index in [1.165, 1.54) is 12.1 Å². The molecule has 0 radical (unpaired) electrons. The molecule has 7 heteroatoms. The first-order chi connectivity index (χ1) is 13.2. The highest BCUT2D eigenvalue weighted by Crippen LogP contribution is 2.23. The second kappa shape index (κ2) is 7.94. The summed E-state index contributed by atoms with van der Waals surface area (Å²) < 4.78 is 34.5. The Morgan fingerprint density at radius 3 is 2.81 bits per heavy atom. The minimum absolute atomic E-state index is 0.0608. The lowest BCUT2D eigenvalue weighted by molar-refractivity contribution is 0.0532. The zero-order valence-electron chi connectivity index (χ0n) is 14.8. The third-order valence-electron chi connectivity index (χ3n) is 4.64. The van der Waals surface area contributed by atoms with Crippen LogP contribution in [0.5, 0.6) is 0 Å². The number of nitrogens with zero attached hydrogens (tertiary/aromatic N) is 4. The SMILES string of the molecule is Fc1ccc(CN2Cc3ccnn3[C@H](COCc3cccnc3)C2)cc1F. The van der Waals surface area contributed by atoms with Crippen LogP contribution in [0.3, 0.4) is 0 Å². The van der Waals surface area contributed by atoms with Crippen molar-refractivity contribution in [3.05, 3.63) is 83.4 Å². The number of pyridine rings is 1. The predicted octanol–water partition coefficient (Wildman–Crippen LogP) is 3.33. The van der Waals surface area contributed by atoms with E-state index in [0.717, 1.165) is 23.4 Å². The fraction of sp³-hybridized carbons (Fsp3) is 0.300. The minimum atomic E-state index is -0.822. The molecular weight excluding hydrogens is 350 g/mol. The van der Waals surface area contributed by atoms with Crippen molar-refractivity contribution < 1.29 is 13.5 Å². The Bertz CT molecular complexity index is 900. The molecule has 0 fully saturated rings. The second-order valence-corrected chi connectivity index (χ2v) is 6.72. The average Bonchev–Trinajstić information content (AvgIpc) is 3.14. The van der Waals surface area contributed by atoms with E-state index >= 15 is 0 Å². The van der Waals surface area contributed by atoms with Crippen LogP contribution < -0.4 is 0 Å². The third-order valence-corrected chi connectivity index (χ3v) is 4.64. The van der Waals surface area contributed by atoms with Crippen molar-refractivity contribution >= 4 is 0 Å². The molecule has 0 saturated heterocycles. The Labute approximate surface area is 156 Å². The topological polar surface area (TPSA) is 43.2 Å². The highest BCUT2D eigenvalue weighted by atomic mass is 19.2. The maximum atomic E-state index is 13.5. The standard InChI is InChI=1S/C20H20F2N4O/c21-19-4-3-15(8-20(19)22)10-25-11-17-5-7-24-26(17)18(12-25)14-27-13-16-2-1-6-23-9-16/h1-9,18H,10-14H2/t18-/m0/s1. The van der Waals surface area contributed by atoms with E-state index in [4.69, 9.17) is 4.74 Å². The molecule has 0 spiro atoms. The van der Waals surface area contributed by atoms with E-state index in [-0.39, 0.29) is 6.04 Å². The molecule has 1 aromatic carbocycles. The molecule has 0 bridgehead atoms. The Morgan fingerprint density at radius 2 is 2.00 bits per heavy atom. The monoisotopic (exact) mass is 370 g/mol. The van der Waals surface area contributed by atoms with Gasteiger partial charge in [-0.1, -0.05) is 12.1 Å². The second-order valence-electron chi connectivity index (χ2n) is 6.72. The minimum Gasteiger partial charge on any atom is -0.374 e. The summed E-state index contributed by atoms with van der Waals surface area (Å²) in [6.45, 7) is 2.97. The number of benzene rings is 1. The molecule has 3 aromatic rings. The molecule has 5 nitrogen and oxygen atoms in total. The van der Waals surface area contributed by atoms with Gasteiger partial charge in [-0.3, -0.25) is 14.6 Å². The van der Waals surface area contributed by atoms with Crippen molar-refractivity contribution in [1.29, 1.82) is 0 Å². The summed E-state index contributed by atoms with van der Waals surface area (Å²) in [7, 11) is 0. The maximum Gasteiger partial charge on any atom is 0.159 e. The average molecular weight is 370 g/mol. The lowest BCUT2D eigenvalue weighted by atomic mass is 10.1. The number of rotatable bonds is 6. The summed E-state index contributed by atoms with van der Waals surface area (Å²) in [5.41, 5.74) is 2.85. The van der Waals surface area contributed by atoms with E-state index in [1.54, 1.807) is 24.7 Å². The van der Waals surface area contributed by atoms with E-state index in [0.29, 0.717) is 26.3 Å². The fourth-order valence-electron chi connectivity index (χ4n) is 3.40. The molecule has 4 rings (SSSR count). The van der Waals surface area contributed by atoms with Crippen LogP contribution in [0.1, 0.15) is 22.9 Å². The molecular formula is C20H20F2N4O. The highest BCUT2D eigenvalue weighted by molar-refractivity contribution is 5.18. The summed E-state index contributed by atoms with van der Waals surface area (Å²) in [6.07, 6.45) is 5.30. The summed E-state index contributed by atoms with van der Waals surface area (Å²) in [6, 6.07) is 9.95. The third kappa shape index (κ3) is 4.20. The lowest BCUT2D eigenvalue weighted by Gasteiger charge is -2.33. The van der Waals surface area contributed by atoms with Gasteiger partial charge in [-0.2, -0.15) is 5.10 Å². The van der Waals surface area contributed by atoms with Crippen LogP contribution in [-0.2, 0) is 24.4 Å². The van der Waals surface area contributed by atoms with Crippen molar-refractivity contribution in [1.82, 2.24) is 19.7 Å². The quantitative estimate of drug-likeness (QED) is 0.668. The van der Waals surface area contributed by atoms with E-state index in [1.807, 2.05) is 22.9 Å². The molecule has 140 valence electrons. The number of fused-ring (bicyclic) bond motifs is 1. The molecule has 0 unspecified atom stereocenters. The number of halogens is 2. The van der Waals surface area contributed by atoms with Crippen molar-refractivity contribution in [2.75, 3.05) is 13.2 Å². The van der Waals surface area contributed by atoms with Gasteiger partial charge < -0.3 is 4.74 Å². The smallest absolute Gasteiger partial charge is 0.159 e. The number of hydrogen-bond acceptors (Lipinski definition) is 4. The number of ether oxygens (including phenoxy) is 1. The molecule has 27 heavy (non-hydrogen) atoms. The first-order valence-electron chi connectivity index (χ1n) is 8.84. The van der Waals surface area contributed by atoms with Gasteiger partial charge in [0.25, 0.3) is 0 Å². The molecule has 1 atom stereocenters. The van der Waals surface area contributed by atoms with Gasteiger partial charge in [0.15, 0.2) is 11.6 Å². The number of aromatic nitrogens is 3. The number of hydrogen-bond donors (Lipinski definition) is 0. The zero-order chi connectivity index (χ0) is 18.6. The van der Waals surface area contributed by atoms with Crippen LogP contribution in [0.15, 0.2) is 55.0 Å². The summed E-state index contributed by atoms with van der Waals surface area (Å²) >= 11 is 0. The molecule has 1 aliphatic rings. The largest absolute Gasteiger partial charge is 0.374 e. The van der Waals surface area contributed by atoms with Gasteiger partial charge in [-0.05, 0) is 35.4 Å².